The van der Waals surface area contributed by atoms with Crippen LogP contribution in [0.25, 0.3) is 0 Å². The maximum atomic E-state index is 12.8. The molecule has 2 heterocycles. The average Bonchev–Trinajstić information content (AvgIpc) is 3.03. The van der Waals surface area contributed by atoms with E-state index in [1.54, 1.807) is 12.1 Å². The van der Waals surface area contributed by atoms with Crippen molar-refractivity contribution in [2.75, 3.05) is 19.7 Å². The van der Waals surface area contributed by atoms with E-state index < -0.39 is 92.0 Å². The fourth-order valence-electron chi connectivity index (χ4n) is 6.09. The molecule has 1 saturated carbocycles. The third-order valence-electron chi connectivity index (χ3n) is 8.79. The van der Waals surface area contributed by atoms with Gasteiger partial charge in [-0.3, -0.25) is 4.79 Å². The Bertz CT molecular complexity index is 1090. The summed E-state index contributed by atoms with van der Waals surface area (Å²) in [6.45, 7) is -0.161. The van der Waals surface area contributed by atoms with Crippen LogP contribution in [0.1, 0.15) is 31.2 Å². The zero-order chi connectivity index (χ0) is 33.5. The van der Waals surface area contributed by atoms with Crippen molar-refractivity contribution in [3.8, 4) is 5.75 Å². The number of nitrogens with one attached hydrogen (secondary N) is 2. The summed E-state index contributed by atoms with van der Waals surface area (Å²) in [4.78, 5) is 12.8. The first-order chi connectivity index (χ1) is 22.0. The largest absolute Gasteiger partial charge is 0.508 e. The molecular weight excluding hydrogens is 608 g/mol. The number of hydrogen-bond acceptors (Lipinski definition) is 16. The van der Waals surface area contributed by atoms with Crippen molar-refractivity contribution in [3.05, 3.63) is 29.8 Å². The third-order valence-corrected chi connectivity index (χ3v) is 8.79. The molecule has 2 saturated heterocycles. The summed E-state index contributed by atoms with van der Waals surface area (Å²) in [6.07, 6.45) is -11.1. The van der Waals surface area contributed by atoms with Crippen molar-refractivity contribution in [3.63, 3.8) is 0 Å². The first-order valence-corrected chi connectivity index (χ1v) is 15.6. The van der Waals surface area contributed by atoms with Crippen LogP contribution in [-0.4, -0.2) is 142 Å². The Balaban J connectivity index is 1.55. The average molecular weight is 659 g/mol. The molecule has 1 amide bonds. The van der Waals surface area contributed by atoms with Crippen molar-refractivity contribution >= 4 is 5.91 Å². The van der Waals surface area contributed by atoms with E-state index in [4.69, 9.17) is 41.9 Å². The predicted molar refractivity (Wildman–Crippen MR) is 161 cm³/mol. The first-order valence-electron chi connectivity index (χ1n) is 15.6. The van der Waals surface area contributed by atoms with Gasteiger partial charge in [-0.25, -0.2) is 0 Å². The first kappa shape index (κ1) is 36.8. The van der Waals surface area contributed by atoms with Crippen LogP contribution in [0.15, 0.2) is 24.3 Å². The lowest BCUT2D eigenvalue weighted by molar-refractivity contribution is -0.316. The maximum Gasteiger partial charge on any atom is 0.249 e. The Morgan fingerprint density at radius 1 is 0.957 bits per heavy atom. The van der Waals surface area contributed by atoms with Gasteiger partial charge >= 0.3 is 0 Å². The number of rotatable bonds is 13. The number of ether oxygens (including phenoxy) is 4. The number of amides is 1. The van der Waals surface area contributed by atoms with E-state index >= 15 is 0 Å². The zero-order valence-corrected chi connectivity index (χ0v) is 25.6. The molecule has 3 aliphatic rings. The molecule has 1 aromatic carbocycles. The van der Waals surface area contributed by atoms with Crippen molar-refractivity contribution in [2.24, 2.45) is 22.9 Å². The SMILES string of the molecule is NCC[C@H](O)C(=O)N[C@@H]1C[C@H](N)C(O[C@@H]2OC(CN)CCC2N)C(O)[C@@H]1O[C@@H]1OC(CO)[C@H](O)[C@H](NCc2ccc(O)cc2)C1O. The summed E-state index contributed by atoms with van der Waals surface area (Å²) in [5.74, 6) is -0.696. The molecule has 17 nitrogen and oxygen atoms in total. The molecule has 0 bridgehead atoms. The molecule has 46 heavy (non-hydrogen) atoms. The van der Waals surface area contributed by atoms with E-state index in [9.17, 15) is 35.4 Å². The summed E-state index contributed by atoms with van der Waals surface area (Å²) < 4.78 is 23.9. The Morgan fingerprint density at radius 2 is 1.65 bits per heavy atom. The summed E-state index contributed by atoms with van der Waals surface area (Å²) in [6, 6.07) is 2.84. The highest BCUT2D eigenvalue weighted by Crippen LogP contribution is 2.32. The van der Waals surface area contributed by atoms with E-state index in [1.165, 1.54) is 12.1 Å². The van der Waals surface area contributed by atoms with Crippen molar-refractivity contribution < 1.29 is 54.4 Å². The number of phenols is 1. The highest BCUT2D eigenvalue weighted by molar-refractivity contribution is 5.80. The van der Waals surface area contributed by atoms with Crippen molar-refractivity contribution in [2.45, 2.75) is 118 Å². The lowest BCUT2D eigenvalue weighted by atomic mass is 9.83. The van der Waals surface area contributed by atoms with Gasteiger partial charge in [-0.15, -0.1) is 0 Å². The molecule has 14 atom stereocenters. The van der Waals surface area contributed by atoms with Gasteiger partial charge in [0, 0.05) is 19.1 Å². The van der Waals surface area contributed by atoms with Crippen LogP contribution >= 0.6 is 0 Å². The van der Waals surface area contributed by atoms with Crippen LogP contribution in [0.5, 0.6) is 5.75 Å². The van der Waals surface area contributed by atoms with Crippen LogP contribution in [-0.2, 0) is 30.3 Å². The minimum absolute atomic E-state index is 0.00710. The molecule has 1 aromatic rings. The lowest BCUT2D eigenvalue weighted by Gasteiger charge is -2.49. The molecule has 17 heteroatoms. The predicted octanol–water partition coefficient (Wildman–Crippen LogP) is -4.86. The number of phenolic OH excluding ortho intramolecular Hbond substituents is 1. The van der Waals surface area contributed by atoms with E-state index in [2.05, 4.69) is 10.6 Å². The Kier molecular flexibility index (Phi) is 13.5. The van der Waals surface area contributed by atoms with Gasteiger partial charge in [0.15, 0.2) is 12.6 Å². The van der Waals surface area contributed by atoms with E-state index in [0.29, 0.717) is 12.8 Å². The standard InChI is InChI=1S/C29H50N6O11/c30-8-7-19(38)27(42)35-18-9-17(33)25(45-28-16(32)6-5-15(10-31)43-28)24(41)26(18)46-29-23(40)21(22(39)20(12-36)44-29)34-11-13-1-3-14(37)4-2-13/h1-4,15-26,28-29,34,36-41H,5-12,30-33H2,(H,35,42)/t15?,16?,17-,18+,19-,20?,21-,22-,23?,24?,25?,26+,28-,29-/m0/s1. The van der Waals surface area contributed by atoms with Crippen LogP contribution in [0.3, 0.4) is 0 Å². The second kappa shape index (κ2) is 16.8. The van der Waals surface area contributed by atoms with Gasteiger partial charge in [0.25, 0.3) is 0 Å². The Morgan fingerprint density at radius 3 is 2.30 bits per heavy atom. The minimum atomic E-state index is -1.53. The fourth-order valence-corrected chi connectivity index (χ4v) is 6.09. The third kappa shape index (κ3) is 8.88. The van der Waals surface area contributed by atoms with E-state index in [0.717, 1.165) is 5.56 Å². The molecule has 1 aliphatic carbocycles. The van der Waals surface area contributed by atoms with Crippen LogP contribution in [0, 0.1) is 0 Å². The van der Waals surface area contributed by atoms with Gasteiger partial charge < -0.3 is 83.2 Å². The van der Waals surface area contributed by atoms with E-state index in [-0.39, 0.29) is 44.3 Å². The second-order valence-corrected chi connectivity index (χ2v) is 12.2. The smallest absolute Gasteiger partial charge is 0.249 e. The minimum Gasteiger partial charge on any atom is -0.508 e. The summed E-state index contributed by atoms with van der Waals surface area (Å²) in [7, 11) is 0. The zero-order valence-electron chi connectivity index (χ0n) is 25.6. The van der Waals surface area contributed by atoms with Gasteiger partial charge in [0.1, 0.15) is 48.5 Å². The quantitative estimate of drug-likeness (QED) is 0.0945. The van der Waals surface area contributed by atoms with Crippen LogP contribution < -0.4 is 33.6 Å². The van der Waals surface area contributed by atoms with Gasteiger partial charge in [0.05, 0.1) is 30.8 Å². The molecule has 6 unspecified atom stereocenters. The number of hydrogen-bond donors (Lipinski definition) is 12. The van der Waals surface area contributed by atoms with Crippen molar-refractivity contribution in [1.29, 1.82) is 0 Å². The Labute approximate surface area is 267 Å². The summed E-state index contributed by atoms with van der Waals surface area (Å²) in [5.41, 5.74) is 24.7. The lowest BCUT2D eigenvalue weighted by Crippen LogP contribution is -2.69. The number of carbonyl (C=O) groups is 1. The van der Waals surface area contributed by atoms with Crippen molar-refractivity contribution in [1.82, 2.24) is 10.6 Å². The Hall–Kier alpha value is -2.07. The molecule has 0 aromatic heterocycles. The number of aromatic hydroxyl groups is 1. The van der Waals surface area contributed by atoms with Crippen LogP contribution in [0.2, 0.25) is 0 Å². The normalized spacial score (nSPS) is 39.1. The number of aliphatic hydroxyl groups excluding tert-OH is 5. The topological polar surface area (TPSA) is 304 Å². The van der Waals surface area contributed by atoms with Gasteiger partial charge in [-0.1, -0.05) is 12.1 Å². The molecule has 2 aliphatic heterocycles. The molecule has 4 rings (SSSR count). The molecular formula is C29H50N6O11. The molecule has 16 N–H and O–H groups in total. The van der Waals surface area contributed by atoms with Crippen LogP contribution in [0.4, 0.5) is 0 Å². The molecule has 262 valence electrons. The maximum absolute atomic E-state index is 12.8. The molecule has 3 fully saturated rings. The molecule has 0 spiro atoms. The number of aliphatic hydroxyl groups is 5. The second-order valence-electron chi connectivity index (χ2n) is 12.2. The van der Waals surface area contributed by atoms with Gasteiger partial charge in [0.2, 0.25) is 5.91 Å². The number of nitrogens with two attached hydrogens (primary N) is 4. The van der Waals surface area contributed by atoms with Gasteiger partial charge in [-0.05, 0) is 49.9 Å². The number of carbonyl (C=O) groups excluding carboxylic acids is 1. The van der Waals surface area contributed by atoms with Gasteiger partial charge in [-0.2, -0.15) is 0 Å². The van der Waals surface area contributed by atoms with E-state index in [1.807, 2.05) is 0 Å². The fraction of sp³-hybridized carbons (Fsp3) is 0.759. The monoisotopic (exact) mass is 658 g/mol. The highest BCUT2D eigenvalue weighted by atomic mass is 16.7. The summed E-state index contributed by atoms with van der Waals surface area (Å²) in [5, 5.41) is 69.3. The number of benzene rings is 1. The highest BCUT2D eigenvalue weighted by Gasteiger charge is 2.51. The summed E-state index contributed by atoms with van der Waals surface area (Å²) >= 11 is 0. The molecule has 0 radical (unpaired) electrons.